The average molecular weight is 319 g/mol. The van der Waals surface area contributed by atoms with Gasteiger partial charge in [0, 0.05) is 12.2 Å². The van der Waals surface area contributed by atoms with Crippen LogP contribution in [0.1, 0.15) is 22.3 Å². The van der Waals surface area contributed by atoms with E-state index in [-0.39, 0.29) is 23.5 Å². The molecule has 0 unspecified atom stereocenters. The minimum atomic E-state index is -2.99. The summed E-state index contributed by atoms with van der Waals surface area (Å²) in [6.07, 6.45) is 3.65. The summed E-state index contributed by atoms with van der Waals surface area (Å²) in [5, 5.41) is 6.93. The van der Waals surface area contributed by atoms with Crippen molar-refractivity contribution < 1.29 is 13.2 Å². The van der Waals surface area contributed by atoms with Gasteiger partial charge >= 0.3 is 0 Å². The number of hydrogen-bond acceptors (Lipinski definition) is 4. The van der Waals surface area contributed by atoms with E-state index in [9.17, 15) is 13.2 Å². The van der Waals surface area contributed by atoms with Crippen LogP contribution in [0.15, 0.2) is 42.7 Å². The number of amides is 1. The second-order valence-electron chi connectivity index (χ2n) is 5.49. The molecular weight excluding hydrogens is 302 g/mol. The van der Waals surface area contributed by atoms with E-state index in [0.717, 1.165) is 5.56 Å². The molecule has 1 amide bonds. The molecule has 1 fully saturated rings. The van der Waals surface area contributed by atoms with Crippen LogP contribution in [0.4, 0.5) is 0 Å². The molecule has 1 atom stereocenters. The van der Waals surface area contributed by atoms with Crippen LogP contribution in [0, 0.1) is 0 Å². The molecule has 0 spiro atoms. The Morgan fingerprint density at radius 1 is 1.32 bits per heavy atom. The summed E-state index contributed by atoms with van der Waals surface area (Å²) in [6.45, 7) is 0.589. The number of rotatable bonds is 4. The Morgan fingerprint density at radius 3 is 2.77 bits per heavy atom. The summed E-state index contributed by atoms with van der Waals surface area (Å²) in [5.74, 6) is -0.108. The van der Waals surface area contributed by atoms with Crippen molar-refractivity contribution in [2.24, 2.45) is 0 Å². The summed E-state index contributed by atoms with van der Waals surface area (Å²) in [6, 6.07) is 9.53. The fourth-order valence-electron chi connectivity index (χ4n) is 2.52. The van der Waals surface area contributed by atoms with Crippen LogP contribution in [0.25, 0.3) is 0 Å². The third-order valence-corrected chi connectivity index (χ3v) is 5.42. The highest BCUT2D eigenvalue weighted by atomic mass is 32.2. The lowest BCUT2D eigenvalue weighted by Crippen LogP contribution is -2.35. The van der Waals surface area contributed by atoms with E-state index < -0.39 is 9.84 Å². The van der Waals surface area contributed by atoms with Crippen molar-refractivity contribution in [3.63, 3.8) is 0 Å². The first-order chi connectivity index (χ1) is 10.5. The monoisotopic (exact) mass is 319 g/mol. The lowest BCUT2D eigenvalue weighted by Gasteiger charge is -2.09. The molecule has 0 radical (unpaired) electrons. The molecule has 7 heteroatoms. The summed E-state index contributed by atoms with van der Waals surface area (Å²) in [4.78, 5) is 12.1. The molecule has 1 aromatic heterocycles. The Morgan fingerprint density at radius 2 is 2.09 bits per heavy atom. The Balaban J connectivity index is 1.62. The molecule has 0 saturated carbocycles. The highest BCUT2D eigenvalue weighted by Crippen LogP contribution is 2.12. The Kier molecular flexibility index (Phi) is 3.98. The molecule has 1 aliphatic rings. The van der Waals surface area contributed by atoms with E-state index in [1.54, 1.807) is 10.9 Å². The zero-order chi connectivity index (χ0) is 15.6. The van der Waals surface area contributed by atoms with E-state index in [2.05, 4.69) is 10.4 Å². The molecule has 2 heterocycles. The Hall–Kier alpha value is -2.15. The van der Waals surface area contributed by atoms with Gasteiger partial charge in [0.2, 0.25) is 0 Å². The van der Waals surface area contributed by atoms with Crippen molar-refractivity contribution >= 4 is 15.7 Å². The first kappa shape index (κ1) is 14.8. The van der Waals surface area contributed by atoms with E-state index in [1.165, 1.54) is 6.20 Å². The first-order valence-corrected chi connectivity index (χ1v) is 8.92. The highest BCUT2D eigenvalue weighted by molar-refractivity contribution is 7.91. The van der Waals surface area contributed by atoms with Crippen LogP contribution < -0.4 is 5.32 Å². The Bertz CT molecular complexity index is 768. The molecule has 22 heavy (non-hydrogen) atoms. The molecule has 3 rings (SSSR count). The molecule has 2 aromatic rings. The predicted octanol–water partition coefficient (Wildman–Crippen LogP) is 0.848. The van der Waals surface area contributed by atoms with Crippen LogP contribution in [0.2, 0.25) is 0 Å². The molecular formula is C15H17N3O3S. The SMILES string of the molecule is O=C(N[C@@H]1CCS(=O)(=O)C1)c1cnn(Cc2ccccc2)c1. The van der Waals surface area contributed by atoms with Gasteiger partial charge in [0.05, 0.1) is 29.8 Å². The molecule has 1 N–H and O–H groups in total. The van der Waals surface area contributed by atoms with Gasteiger partial charge in [-0.3, -0.25) is 9.48 Å². The summed E-state index contributed by atoms with van der Waals surface area (Å²) in [5.41, 5.74) is 1.54. The summed E-state index contributed by atoms with van der Waals surface area (Å²) < 4.78 is 24.5. The number of hydrogen-bond donors (Lipinski definition) is 1. The lowest BCUT2D eigenvalue weighted by atomic mass is 10.2. The van der Waals surface area contributed by atoms with Gasteiger partial charge in [0.25, 0.3) is 5.91 Å². The minimum Gasteiger partial charge on any atom is -0.348 e. The summed E-state index contributed by atoms with van der Waals surface area (Å²) >= 11 is 0. The number of nitrogens with zero attached hydrogens (tertiary/aromatic N) is 2. The van der Waals surface area contributed by atoms with Crippen molar-refractivity contribution in [1.82, 2.24) is 15.1 Å². The molecule has 0 aliphatic carbocycles. The number of benzene rings is 1. The predicted molar refractivity (Wildman–Crippen MR) is 82.3 cm³/mol. The third kappa shape index (κ3) is 3.54. The van der Waals surface area contributed by atoms with E-state index in [1.807, 2.05) is 30.3 Å². The minimum absolute atomic E-state index is 0.0247. The van der Waals surface area contributed by atoms with Crippen LogP contribution in [-0.2, 0) is 16.4 Å². The zero-order valence-electron chi connectivity index (χ0n) is 12.0. The zero-order valence-corrected chi connectivity index (χ0v) is 12.8. The van der Waals surface area contributed by atoms with Crippen LogP contribution in [0.3, 0.4) is 0 Å². The van der Waals surface area contributed by atoms with Crippen molar-refractivity contribution in [2.45, 2.75) is 19.0 Å². The van der Waals surface area contributed by atoms with Crippen molar-refractivity contribution in [3.8, 4) is 0 Å². The lowest BCUT2D eigenvalue weighted by molar-refractivity contribution is 0.0941. The van der Waals surface area contributed by atoms with Gasteiger partial charge in [-0.2, -0.15) is 5.10 Å². The molecule has 1 aromatic carbocycles. The Labute approximate surface area is 129 Å². The van der Waals surface area contributed by atoms with Gasteiger partial charge < -0.3 is 5.32 Å². The molecule has 116 valence electrons. The number of sulfone groups is 1. The van der Waals surface area contributed by atoms with E-state index in [4.69, 9.17) is 0 Å². The average Bonchev–Trinajstić information content (AvgIpc) is 3.07. The quantitative estimate of drug-likeness (QED) is 0.906. The van der Waals surface area contributed by atoms with Gasteiger partial charge in [-0.15, -0.1) is 0 Å². The molecule has 1 saturated heterocycles. The standard InChI is InChI=1S/C15H17N3O3S/c19-15(17-14-6-7-22(20,21)11-14)13-8-16-18(10-13)9-12-4-2-1-3-5-12/h1-5,8,10,14H,6-7,9,11H2,(H,17,19)/t14-/m1/s1. The van der Waals surface area contributed by atoms with Crippen molar-refractivity contribution in [2.75, 3.05) is 11.5 Å². The number of carbonyl (C=O) groups is 1. The second-order valence-corrected chi connectivity index (χ2v) is 7.71. The molecule has 1 aliphatic heterocycles. The van der Waals surface area contributed by atoms with Gasteiger partial charge in [-0.05, 0) is 12.0 Å². The fraction of sp³-hybridized carbons (Fsp3) is 0.333. The largest absolute Gasteiger partial charge is 0.348 e. The van der Waals surface area contributed by atoms with Crippen LogP contribution >= 0.6 is 0 Å². The van der Waals surface area contributed by atoms with Crippen molar-refractivity contribution in [3.05, 3.63) is 53.9 Å². The topological polar surface area (TPSA) is 81.1 Å². The van der Waals surface area contributed by atoms with E-state index >= 15 is 0 Å². The fourth-order valence-corrected chi connectivity index (χ4v) is 4.19. The smallest absolute Gasteiger partial charge is 0.254 e. The maximum atomic E-state index is 12.1. The highest BCUT2D eigenvalue weighted by Gasteiger charge is 2.29. The second kappa shape index (κ2) is 5.92. The first-order valence-electron chi connectivity index (χ1n) is 7.09. The maximum Gasteiger partial charge on any atom is 0.254 e. The normalized spacial score (nSPS) is 19.9. The number of carbonyl (C=O) groups excluding carboxylic acids is 1. The third-order valence-electron chi connectivity index (χ3n) is 3.65. The van der Waals surface area contributed by atoms with Crippen LogP contribution in [0.5, 0.6) is 0 Å². The van der Waals surface area contributed by atoms with Crippen LogP contribution in [-0.4, -0.2) is 41.7 Å². The van der Waals surface area contributed by atoms with Gasteiger partial charge in [0.15, 0.2) is 9.84 Å². The number of aromatic nitrogens is 2. The van der Waals surface area contributed by atoms with Gasteiger partial charge in [-0.1, -0.05) is 30.3 Å². The molecule has 0 bridgehead atoms. The van der Waals surface area contributed by atoms with Gasteiger partial charge in [-0.25, -0.2) is 8.42 Å². The summed E-state index contributed by atoms with van der Waals surface area (Å²) in [7, 11) is -2.99. The molecule has 6 nitrogen and oxygen atoms in total. The van der Waals surface area contributed by atoms with E-state index in [0.29, 0.717) is 18.5 Å². The van der Waals surface area contributed by atoms with Crippen molar-refractivity contribution in [1.29, 1.82) is 0 Å². The number of nitrogens with one attached hydrogen (secondary N) is 1. The van der Waals surface area contributed by atoms with Gasteiger partial charge in [0.1, 0.15) is 0 Å². The maximum absolute atomic E-state index is 12.1.